The minimum Gasteiger partial charge on any atom is -0.314 e. The smallest absolute Gasteiger partial charge is 0.0249 e. The van der Waals surface area contributed by atoms with Gasteiger partial charge in [-0.05, 0) is 19.3 Å². The Hall–Kier alpha value is -0.0800. The topological polar surface area (TPSA) is 15.3 Å². The van der Waals surface area contributed by atoms with Gasteiger partial charge in [0.05, 0.1) is 0 Å². The molecule has 0 spiro atoms. The summed E-state index contributed by atoms with van der Waals surface area (Å²) in [4.78, 5) is 2.70. The van der Waals surface area contributed by atoms with Crippen LogP contribution < -0.4 is 5.32 Å². The van der Waals surface area contributed by atoms with Crippen LogP contribution in [0.1, 0.15) is 40.5 Å². The van der Waals surface area contributed by atoms with E-state index in [1.165, 1.54) is 25.9 Å². The van der Waals surface area contributed by atoms with Crippen LogP contribution in [0.15, 0.2) is 0 Å². The van der Waals surface area contributed by atoms with Crippen LogP contribution in [0.5, 0.6) is 0 Å². The minimum atomic E-state index is 0.746. The van der Waals surface area contributed by atoms with Crippen molar-refractivity contribution >= 4 is 0 Å². The lowest BCUT2D eigenvalue weighted by molar-refractivity contribution is 0.0762. The predicted octanol–water partition coefficient (Wildman–Crippen LogP) is 2.10. The highest BCUT2D eigenvalue weighted by Gasteiger charge is 2.28. The van der Waals surface area contributed by atoms with Gasteiger partial charge in [-0.25, -0.2) is 0 Å². The summed E-state index contributed by atoms with van der Waals surface area (Å²) in [5.74, 6) is 0.816. The van der Waals surface area contributed by atoms with Crippen LogP contribution in [0.25, 0.3) is 0 Å². The van der Waals surface area contributed by atoms with Gasteiger partial charge < -0.3 is 5.32 Å². The summed E-state index contributed by atoms with van der Waals surface area (Å²) in [6.07, 6.45) is 2.56. The molecular weight excluding hydrogens is 172 g/mol. The van der Waals surface area contributed by atoms with E-state index in [9.17, 15) is 0 Å². The molecule has 1 aliphatic heterocycles. The van der Waals surface area contributed by atoms with Gasteiger partial charge in [-0.15, -0.1) is 0 Å². The zero-order chi connectivity index (χ0) is 10.6. The van der Waals surface area contributed by atoms with E-state index in [-0.39, 0.29) is 0 Å². The maximum Gasteiger partial charge on any atom is 0.0249 e. The number of hydrogen-bond donors (Lipinski definition) is 1. The largest absolute Gasteiger partial charge is 0.314 e. The monoisotopic (exact) mass is 198 g/mol. The third-order valence-electron chi connectivity index (χ3n) is 3.78. The van der Waals surface area contributed by atoms with Crippen LogP contribution in [0, 0.1) is 5.92 Å². The Bertz CT molecular complexity index is 140. The van der Waals surface area contributed by atoms with Crippen molar-refractivity contribution in [2.24, 2.45) is 5.92 Å². The standard InChI is InChI=1S/C12H26N2/c1-5-10(3)12-9-13-7-8-14(12)11(4)6-2/h10-13H,5-9H2,1-4H3. The van der Waals surface area contributed by atoms with E-state index in [1.54, 1.807) is 0 Å². The molecule has 0 aromatic carbocycles. The first-order chi connectivity index (χ1) is 6.70. The minimum absolute atomic E-state index is 0.746. The van der Waals surface area contributed by atoms with Gasteiger partial charge in [0.2, 0.25) is 0 Å². The first-order valence-corrected chi connectivity index (χ1v) is 6.17. The van der Waals surface area contributed by atoms with Gasteiger partial charge in [0, 0.05) is 31.7 Å². The number of nitrogens with one attached hydrogen (secondary N) is 1. The van der Waals surface area contributed by atoms with Gasteiger partial charge in [-0.1, -0.05) is 27.2 Å². The maximum absolute atomic E-state index is 3.52. The zero-order valence-corrected chi connectivity index (χ0v) is 10.2. The summed E-state index contributed by atoms with van der Waals surface area (Å²) in [7, 11) is 0. The Morgan fingerprint density at radius 2 is 2.00 bits per heavy atom. The fourth-order valence-electron chi connectivity index (χ4n) is 2.32. The molecule has 3 unspecified atom stereocenters. The molecule has 2 heteroatoms. The molecule has 1 aliphatic rings. The highest BCUT2D eigenvalue weighted by atomic mass is 15.2. The van der Waals surface area contributed by atoms with E-state index in [0.29, 0.717) is 0 Å². The maximum atomic E-state index is 3.52. The van der Waals surface area contributed by atoms with Crippen molar-refractivity contribution in [2.75, 3.05) is 19.6 Å². The van der Waals surface area contributed by atoms with E-state index in [4.69, 9.17) is 0 Å². The van der Waals surface area contributed by atoms with Crippen LogP contribution in [0.4, 0.5) is 0 Å². The Labute approximate surface area is 89.1 Å². The summed E-state index contributed by atoms with van der Waals surface area (Å²) < 4.78 is 0. The first kappa shape index (κ1) is 12.0. The molecule has 1 fully saturated rings. The molecule has 0 aromatic rings. The van der Waals surface area contributed by atoms with Gasteiger partial charge in [-0.3, -0.25) is 4.90 Å². The Morgan fingerprint density at radius 3 is 2.57 bits per heavy atom. The molecule has 0 aliphatic carbocycles. The van der Waals surface area contributed by atoms with Gasteiger partial charge in [-0.2, -0.15) is 0 Å². The van der Waals surface area contributed by atoms with E-state index < -0.39 is 0 Å². The SMILES string of the molecule is CCC(C)C1CNCCN1C(C)CC. The average Bonchev–Trinajstić information content (AvgIpc) is 2.27. The molecule has 84 valence electrons. The summed E-state index contributed by atoms with van der Waals surface area (Å²) in [5, 5.41) is 3.52. The fraction of sp³-hybridized carbons (Fsp3) is 1.00. The Kier molecular flexibility index (Phi) is 4.90. The third kappa shape index (κ3) is 2.71. The molecular formula is C12H26N2. The van der Waals surface area contributed by atoms with Crippen molar-refractivity contribution in [1.29, 1.82) is 0 Å². The average molecular weight is 198 g/mol. The second-order valence-corrected chi connectivity index (χ2v) is 4.65. The lowest BCUT2D eigenvalue weighted by Gasteiger charge is -2.42. The number of rotatable bonds is 4. The molecule has 1 rings (SSSR count). The fourth-order valence-corrected chi connectivity index (χ4v) is 2.32. The Balaban J connectivity index is 2.58. The summed E-state index contributed by atoms with van der Waals surface area (Å²) in [6, 6.07) is 1.50. The summed E-state index contributed by atoms with van der Waals surface area (Å²) in [6.45, 7) is 12.9. The molecule has 0 amide bonds. The highest BCUT2D eigenvalue weighted by molar-refractivity contribution is 4.85. The van der Waals surface area contributed by atoms with Gasteiger partial charge in [0.1, 0.15) is 0 Å². The third-order valence-corrected chi connectivity index (χ3v) is 3.78. The molecule has 0 radical (unpaired) electrons. The van der Waals surface area contributed by atoms with Crippen molar-refractivity contribution in [3.63, 3.8) is 0 Å². The van der Waals surface area contributed by atoms with Crippen molar-refractivity contribution in [3.8, 4) is 0 Å². The summed E-state index contributed by atoms with van der Waals surface area (Å²) >= 11 is 0. The van der Waals surface area contributed by atoms with Gasteiger partial charge >= 0.3 is 0 Å². The zero-order valence-electron chi connectivity index (χ0n) is 10.2. The van der Waals surface area contributed by atoms with Crippen LogP contribution in [0.3, 0.4) is 0 Å². The van der Waals surface area contributed by atoms with Gasteiger partial charge in [0.25, 0.3) is 0 Å². The molecule has 14 heavy (non-hydrogen) atoms. The van der Waals surface area contributed by atoms with E-state index >= 15 is 0 Å². The van der Waals surface area contributed by atoms with Crippen molar-refractivity contribution < 1.29 is 0 Å². The second-order valence-electron chi connectivity index (χ2n) is 4.65. The summed E-state index contributed by atoms with van der Waals surface area (Å²) in [5.41, 5.74) is 0. The highest BCUT2D eigenvalue weighted by Crippen LogP contribution is 2.19. The first-order valence-electron chi connectivity index (χ1n) is 6.17. The lowest BCUT2D eigenvalue weighted by atomic mass is 9.94. The predicted molar refractivity (Wildman–Crippen MR) is 62.6 cm³/mol. The molecule has 0 bridgehead atoms. The normalized spacial score (nSPS) is 28.7. The van der Waals surface area contributed by atoms with Crippen LogP contribution >= 0.6 is 0 Å². The molecule has 0 saturated carbocycles. The Morgan fingerprint density at radius 1 is 1.29 bits per heavy atom. The van der Waals surface area contributed by atoms with Crippen LogP contribution in [0.2, 0.25) is 0 Å². The number of hydrogen-bond acceptors (Lipinski definition) is 2. The molecule has 0 aromatic heterocycles. The lowest BCUT2D eigenvalue weighted by Crippen LogP contribution is -2.56. The number of piperazine rings is 1. The molecule has 1 heterocycles. The van der Waals surface area contributed by atoms with Gasteiger partial charge in [0.15, 0.2) is 0 Å². The van der Waals surface area contributed by atoms with Crippen molar-refractivity contribution in [1.82, 2.24) is 10.2 Å². The van der Waals surface area contributed by atoms with Crippen LogP contribution in [-0.4, -0.2) is 36.6 Å². The van der Waals surface area contributed by atoms with Crippen LogP contribution in [-0.2, 0) is 0 Å². The van der Waals surface area contributed by atoms with E-state index in [1.807, 2.05) is 0 Å². The molecule has 1 saturated heterocycles. The molecule has 3 atom stereocenters. The van der Waals surface area contributed by atoms with Crippen molar-refractivity contribution in [3.05, 3.63) is 0 Å². The quantitative estimate of drug-likeness (QED) is 0.744. The molecule has 1 N–H and O–H groups in total. The molecule has 2 nitrogen and oxygen atoms in total. The second kappa shape index (κ2) is 5.72. The number of nitrogens with zero attached hydrogens (tertiary/aromatic N) is 1. The van der Waals surface area contributed by atoms with E-state index in [0.717, 1.165) is 24.5 Å². The van der Waals surface area contributed by atoms with E-state index in [2.05, 4.69) is 37.9 Å². The van der Waals surface area contributed by atoms with Crippen molar-refractivity contribution in [2.45, 2.75) is 52.6 Å².